The van der Waals surface area contributed by atoms with Crippen molar-refractivity contribution in [2.45, 2.75) is 56.9 Å². The van der Waals surface area contributed by atoms with E-state index in [4.69, 9.17) is 4.74 Å². The first-order valence-electron chi connectivity index (χ1n) is 10.4. The lowest BCUT2D eigenvalue weighted by molar-refractivity contribution is -0.149. The maximum atomic E-state index is 12.1. The third-order valence-corrected chi connectivity index (χ3v) is 7.29. The smallest absolute Gasteiger partial charge is 0.306 e. The number of hydrogen-bond acceptors (Lipinski definition) is 6. The molecule has 164 valence electrons. The van der Waals surface area contributed by atoms with Gasteiger partial charge in [0.1, 0.15) is 5.84 Å². The molecule has 0 unspecified atom stereocenters. The summed E-state index contributed by atoms with van der Waals surface area (Å²) in [6, 6.07) is 6.74. The summed E-state index contributed by atoms with van der Waals surface area (Å²) >= 11 is 0. The maximum absolute atomic E-state index is 12.1. The van der Waals surface area contributed by atoms with E-state index < -0.39 is 16.0 Å². The van der Waals surface area contributed by atoms with Gasteiger partial charge >= 0.3 is 5.97 Å². The van der Waals surface area contributed by atoms with E-state index in [-0.39, 0.29) is 42.3 Å². The summed E-state index contributed by atoms with van der Waals surface area (Å²) in [5.74, 6) is 0.531. The van der Waals surface area contributed by atoms with E-state index >= 15 is 0 Å². The molecule has 2 N–H and O–H groups in total. The van der Waals surface area contributed by atoms with Crippen molar-refractivity contribution >= 4 is 27.7 Å². The number of amides is 1. The van der Waals surface area contributed by atoms with Gasteiger partial charge in [-0.3, -0.25) is 19.3 Å². The van der Waals surface area contributed by atoms with Crippen LogP contribution in [-0.4, -0.2) is 45.3 Å². The van der Waals surface area contributed by atoms with Crippen LogP contribution in [0, 0.1) is 11.8 Å². The number of amidine groups is 1. The largest absolute Gasteiger partial charge is 0.456 e. The Morgan fingerprint density at radius 1 is 1.23 bits per heavy atom. The molecule has 2 aliphatic rings. The Morgan fingerprint density at radius 3 is 2.80 bits per heavy atom. The van der Waals surface area contributed by atoms with Crippen LogP contribution in [-0.2, 0) is 24.3 Å². The summed E-state index contributed by atoms with van der Waals surface area (Å²) in [6.07, 6.45) is 3.73. The molecule has 1 saturated carbocycles. The number of fused-ring (bicyclic) bond motifs is 1. The Balaban J connectivity index is 1.39. The number of benzene rings is 1. The highest BCUT2D eigenvalue weighted by Gasteiger charge is 2.30. The Bertz CT molecular complexity index is 928. The molecule has 8 nitrogen and oxygen atoms in total. The van der Waals surface area contributed by atoms with E-state index in [0.717, 1.165) is 12.8 Å². The molecule has 3 atom stereocenters. The summed E-state index contributed by atoms with van der Waals surface area (Å²) in [6.45, 7) is 4.33. The maximum Gasteiger partial charge on any atom is 0.306 e. The van der Waals surface area contributed by atoms with Gasteiger partial charge < -0.3 is 10.1 Å². The van der Waals surface area contributed by atoms with E-state index in [1.807, 2.05) is 0 Å². The van der Waals surface area contributed by atoms with E-state index in [0.29, 0.717) is 23.8 Å². The minimum atomic E-state index is -3.56. The van der Waals surface area contributed by atoms with Gasteiger partial charge in [0.25, 0.3) is 15.9 Å². The molecule has 1 aromatic rings. The average Bonchev–Trinajstić information content (AvgIpc) is 2.98. The van der Waals surface area contributed by atoms with Crippen molar-refractivity contribution in [3.63, 3.8) is 0 Å². The lowest BCUT2D eigenvalue weighted by atomic mass is 9.78. The summed E-state index contributed by atoms with van der Waals surface area (Å²) in [7, 11) is -3.56. The molecule has 1 heterocycles. The predicted octanol–water partition coefficient (Wildman–Crippen LogP) is 1.99. The van der Waals surface area contributed by atoms with Crippen molar-refractivity contribution in [1.82, 2.24) is 10.0 Å². The van der Waals surface area contributed by atoms with Gasteiger partial charge in [0, 0.05) is 24.6 Å². The van der Waals surface area contributed by atoms with Crippen LogP contribution < -0.4 is 10.0 Å². The van der Waals surface area contributed by atoms with E-state index in [1.165, 1.54) is 12.5 Å². The van der Waals surface area contributed by atoms with Crippen molar-refractivity contribution in [1.29, 1.82) is 0 Å². The van der Waals surface area contributed by atoms with Crippen molar-refractivity contribution in [3.05, 3.63) is 29.8 Å². The fourth-order valence-electron chi connectivity index (χ4n) is 3.92. The molecule has 0 spiro atoms. The second-order valence-electron chi connectivity index (χ2n) is 8.04. The number of sulfonamides is 1. The fraction of sp³-hybridized carbons (Fsp3) is 0.571. The predicted molar refractivity (Wildman–Crippen MR) is 112 cm³/mol. The number of ether oxygens (including phenoxy) is 1. The van der Waals surface area contributed by atoms with Crippen LogP contribution in [0.15, 0.2) is 34.2 Å². The molecule has 0 aromatic heterocycles. The van der Waals surface area contributed by atoms with Gasteiger partial charge in [-0.2, -0.15) is 0 Å². The Hall–Kier alpha value is -2.42. The molecule has 1 amide bonds. The van der Waals surface area contributed by atoms with Crippen LogP contribution in [0.5, 0.6) is 0 Å². The zero-order chi connectivity index (χ0) is 21.7. The molecule has 0 bridgehead atoms. The van der Waals surface area contributed by atoms with Crippen molar-refractivity contribution in [3.8, 4) is 0 Å². The first kappa shape index (κ1) is 22.3. The van der Waals surface area contributed by atoms with Crippen molar-refractivity contribution in [2.75, 3.05) is 13.2 Å². The summed E-state index contributed by atoms with van der Waals surface area (Å²) in [4.78, 5) is 28.4. The van der Waals surface area contributed by atoms with Gasteiger partial charge in [-0.15, -0.1) is 0 Å². The number of hydrogen-bond donors (Lipinski definition) is 2. The monoisotopic (exact) mass is 435 g/mol. The molecule has 1 aromatic carbocycles. The minimum absolute atomic E-state index is 0.106. The second kappa shape index (κ2) is 9.59. The van der Waals surface area contributed by atoms with Crippen LogP contribution in [0.4, 0.5) is 0 Å². The van der Waals surface area contributed by atoms with Crippen LogP contribution in [0.25, 0.3) is 0 Å². The summed E-state index contributed by atoms with van der Waals surface area (Å²) in [5, 5.41) is 2.97. The first-order valence-corrected chi connectivity index (χ1v) is 11.9. The first-order chi connectivity index (χ1) is 14.3. The number of carbonyl (C=O) groups is 2. The summed E-state index contributed by atoms with van der Waals surface area (Å²) < 4.78 is 31.5. The van der Waals surface area contributed by atoms with Crippen molar-refractivity contribution < 1.29 is 22.7 Å². The number of nitrogens with one attached hydrogen (secondary N) is 2. The second-order valence-corrected chi connectivity index (χ2v) is 9.69. The van der Waals surface area contributed by atoms with Gasteiger partial charge in [0.15, 0.2) is 6.61 Å². The molecule has 9 heteroatoms. The van der Waals surface area contributed by atoms with Gasteiger partial charge in [-0.1, -0.05) is 38.8 Å². The Morgan fingerprint density at radius 2 is 2.00 bits per heavy atom. The molecule has 30 heavy (non-hydrogen) atoms. The van der Waals surface area contributed by atoms with E-state index in [1.54, 1.807) is 18.2 Å². The van der Waals surface area contributed by atoms with E-state index in [9.17, 15) is 18.0 Å². The SMILES string of the molecule is C[C@H]1[C@H](C)CCC[C@@H]1NC(=O)COC(=O)CCCN=C1NS(=O)(=O)c2ccccc21. The fourth-order valence-corrected chi connectivity index (χ4v) is 5.17. The van der Waals surface area contributed by atoms with Gasteiger partial charge in [-0.05, 0) is 36.8 Å². The van der Waals surface area contributed by atoms with Crippen LogP contribution >= 0.6 is 0 Å². The zero-order valence-corrected chi connectivity index (χ0v) is 18.2. The third kappa shape index (κ3) is 5.38. The van der Waals surface area contributed by atoms with Gasteiger partial charge in [0.05, 0.1) is 4.90 Å². The van der Waals surface area contributed by atoms with Crippen LogP contribution in [0.2, 0.25) is 0 Å². The standard InChI is InChI=1S/C21H29N3O5S/c1-14-7-5-9-17(15(14)2)23-19(25)13-29-20(26)11-6-12-22-21-16-8-3-4-10-18(16)30(27,28)24-21/h3-4,8,10,14-15,17H,5-7,9,11-13H2,1-2H3,(H,22,24)(H,23,25)/t14-,15+,17+/m1/s1. The molecular formula is C21H29N3O5S. The Labute approximate surface area is 177 Å². The normalized spacial score (nSPS) is 25.9. The molecule has 1 aliphatic heterocycles. The number of nitrogens with zero attached hydrogens (tertiary/aromatic N) is 1. The lowest BCUT2D eigenvalue weighted by Gasteiger charge is -2.34. The molecule has 0 saturated heterocycles. The molecular weight excluding hydrogens is 406 g/mol. The number of rotatable bonds is 7. The Kier molecular flexibility index (Phi) is 7.12. The molecule has 3 rings (SSSR count). The summed E-state index contributed by atoms with van der Waals surface area (Å²) in [5.41, 5.74) is 0.531. The van der Waals surface area contributed by atoms with Crippen LogP contribution in [0.3, 0.4) is 0 Å². The minimum Gasteiger partial charge on any atom is -0.456 e. The highest BCUT2D eigenvalue weighted by atomic mass is 32.2. The zero-order valence-electron chi connectivity index (χ0n) is 17.4. The van der Waals surface area contributed by atoms with Crippen molar-refractivity contribution in [2.24, 2.45) is 16.8 Å². The van der Waals surface area contributed by atoms with Gasteiger partial charge in [-0.25, -0.2) is 8.42 Å². The molecule has 1 fully saturated rings. The van der Waals surface area contributed by atoms with Crippen LogP contribution in [0.1, 0.15) is 51.5 Å². The lowest BCUT2D eigenvalue weighted by Crippen LogP contribution is -2.45. The number of aliphatic imine (C=N–C) groups is 1. The number of carbonyl (C=O) groups excluding carboxylic acids is 2. The topological polar surface area (TPSA) is 114 Å². The molecule has 1 aliphatic carbocycles. The van der Waals surface area contributed by atoms with E-state index in [2.05, 4.69) is 28.9 Å². The number of esters is 1. The highest BCUT2D eigenvalue weighted by molar-refractivity contribution is 7.90. The van der Waals surface area contributed by atoms with Gasteiger partial charge in [0.2, 0.25) is 0 Å². The average molecular weight is 436 g/mol. The third-order valence-electron chi connectivity index (χ3n) is 5.89. The quantitative estimate of drug-likeness (QED) is 0.502. The highest BCUT2D eigenvalue weighted by Crippen LogP contribution is 2.29. The molecule has 0 radical (unpaired) electrons.